The van der Waals surface area contributed by atoms with Crippen molar-refractivity contribution in [3.8, 4) is 11.3 Å². The molecule has 2 aromatic rings. The summed E-state index contributed by atoms with van der Waals surface area (Å²) in [4.78, 5) is 4.14. The summed E-state index contributed by atoms with van der Waals surface area (Å²) in [6.07, 6.45) is 2.99. The summed E-state index contributed by atoms with van der Waals surface area (Å²) in [6.45, 7) is 0.877. The van der Waals surface area contributed by atoms with E-state index in [1.54, 1.807) is 18.6 Å². The van der Waals surface area contributed by atoms with E-state index in [1.165, 1.54) is 12.1 Å². The van der Waals surface area contributed by atoms with Crippen LogP contribution < -0.4 is 0 Å². The summed E-state index contributed by atoms with van der Waals surface area (Å²) in [6, 6.07) is 4.78. The van der Waals surface area contributed by atoms with Gasteiger partial charge in [-0.05, 0) is 17.7 Å². The van der Waals surface area contributed by atoms with Crippen LogP contribution in [0.4, 0.5) is 4.39 Å². The molecule has 1 aromatic heterocycles. The number of benzene rings is 1. The van der Waals surface area contributed by atoms with Crippen molar-refractivity contribution in [2.75, 3.05) is 13.2 Å². The molecule has 0 unspecified atom stereocenters. The molecular weight excluding hydrogens is 247 g/mol. The third-order valence-electron chi connectivity index (χ3n) is 4.07. The van der Waals surface area contributed by atoms with Crippen LogP contribution in [0, 0.1) is 11.7 Å². The molecule has 98 valence electrons. The van der Waals surface area contributed by atoms with Crippen LogP contribution in [-0.2, 0) is 4.74 Å². The van der Waals surface area contributed by atoms with E-state index in [9.17, 15) is 9.50 Å². The van der Waals surface area contributed by atoms with Crippen molar-refractivity contribution in [2.24, 2.45) is 5.92 Å². The van der Waals surface area contributed by atoms with Crippen LogP contribution in [0.5, 0.6) is 0 Å². The normalized spacial score (nSPS) is 28.4. The number of nitrogens with zero attached hydrogens (tertiary/aromatic N) is 2. The van der Waals surface area contributed by atoms with Crippen molar-refractivity contribution >= 4 is 0 Å². The van der Waals surface area contributed by atoms with Crippen molar-refractivity contribution in [1.82, 2.24) is 9.55 Å². The standard InChI is InChI=1S/C14H13FN2O2/c15-8-1-2-9-10(3-8)12-4-16-7-17(12)14(9)11-5-19-6-13(11)18/h1-4,7,11,13-14,18H,5-6H2/t11-,13-,14-/m1/s1. The van der Waals surface area contributed by atoms with Gasteiger partial charge in [0.25, 0.3) is 0 Å². The Kier molecular flexibility index (Phi) is 2.28. The highest BCUT2D eigenvalue weighted by atomic mass is 19.1. The highest BCUT2D eigenvalue weighted by molar-refractivity contribution is 5.69. The van der Waals surface area contributed by atoms with E-state index < -0.39 is 6.10 Å². The zero-order valence-electron chi connectivity index (χ0n) is 10.2. The van der Waals surface area contributed by atoms with Crippen LogP contribution in [0.2, 0.25) is 0 Å². The van der Waals surface area contributed by atoms with Crippen molar-refractivity contribution < 1.29 is 14.2 Å². The second-order valence-electron chi connectivity index (χ2n) is 5.13. The molecule has 1 saturated heterocycles. The van der Waals surface area contributed by atoms with E-state index >= 15 is 0 Å². The lowest BCUT2D eigenvalue weighted by molar-refractivity contribution is 0.111. The maximum atomic E-state index is 13.4. The molecule has 1 fully saturated rings. The molecule has 0 radical (unpaired) electrons. The van der Waals surface area contributed by atoms with Crippen LogP contribution in [0.1, 0.15) is 11.6 Å². The Morgan fingerprint density at radius 3 is 3.05 bits per heavy atom. The zero-order valence-corrected chi connectivity index (χ0v) is 10.2. The number of ether oxygens (including phenoxy) is 1. The molecule has 0 aliphatic carbocycles. The molecule has 0 amide bonds. The fourth-order valence-corrected chi connectivity index (χ4v) is 3.19. The fraction of sp³-hybridized carbons (Fsp3) is 0.357. The average molecular weight is 260 g/mol. The minimum absolute atomic E-state index is 0.0142. The first-order valence-electron chi connectivity index (χ1n) is 6.33. The second kappa shape index (κ2) is 3.88. The van der Waals surface area contributed by atoms with E-state index in [-0.39, 0.29) is 17.8 Å². The minimum Gasteiger partial charge on any atom is -0.390 e. The SMILES string of the molecule is O[C@@H]1COC[C@H]1[C@H]1c2ccc(F)cc2-c2cncn21. The van der Waals surface area contributed by atoms with E-state index in [2.05, 4.69) is 4.98 Å². The number of fused-ring (bicyclic) bond motifs is 3. The minimum atomic E-state index is -0.490. The van der Waals surface area contributed by atoms with Gasteiger partial charge in [-0.1, -0.05) is 6.07 Å². The topological polar surface area (TPSA) is 47.3 Å². The summed E-state index contributed by atoms with van der Waals surface area (Å²) < 4.78 is 20.8. The smallest absolute Gasteiger partial charge is 0.123 e. The van der Waals surface area contributed by atoms with Crippen molar-refractivity contribution in [3.63, 3.8) is 0 Å². The number of aliphatic hydroxyl groups excluding tert-OH is 1. The predicted octanol–water partition coefficient (Wildman–Crippen LogP) is 1.60. The molecule has 1 N–H and O–H groups in total. The summed E-state index contributed by atoms with van der Waals surface area (Å²) in [5, 5.41) is 10.1. The third-order valence-corrected chi connectivity index (χ3v) is 4.07. The van der Waals surface area contributed by atoms with Gasteiger partial charge in [-0.2, -0.15) is 0 Å². The van der Waals surface area contributed by atoms with Gasteiger partial charge in [0.15, 0.2) is 0 Å². The lowest BCUT2D eigenvalue weighted by atomic mass is 9.90. The van der Waals surface area contributed by atoms with Crippen LogP contribution in [0.15, 0.2) is 30.7 Å². The van der Waals surface area contributed by atoms with Crippen LogP contribution in [0.3, 0.4) is 0 Å². The molecule has 19 heavy (non-hydrogen) atoms. The lowest BCUT2D eigenvalue weighted by Crippen LogP contribution is -2.27. The number of aliphatic hydroxyl groups is 1. The molecule has 4 nitrogen and oxygen atoms in total. The highest BCUT2D eigenvalue weighted by Gasteiger charge is 2.40. The monoisotopic (exact) mass is 260 g/mol. The maximum absolute atomic E-state index is 13.4. The Bertz CT molecular complexity index is 640. The number of rotatable bonds is 1. The van der Waals surface area contributed by atoms with Crippen molar-refractivity contribution in [1.29, 1.82) is 0 Å². The van der Waals surface area contributed by atoms with Gasteiger partial charge >= 0.3 is 0 Å². The Morgan fingerprint density at radius 2 is 2.26 bits per heavy atom. The van der Waals surface area contributed by atoms with Gasteiger partial charge in [0.05, 0.1) is 43.6 Å². The lowest BCUT2D eigenvalue weighted by Gasteiger charge is -2.23. The number of hydrogen-bond donors (Lipinski definition) is 1. The summed E-state index contributed by atoms with van der Waals surface area (Å²) in [5.74, 6) is -0.268. The molecule has 0 saturated carbocycles. The van der Waals surface area contributed by atoms with Crippen molar-refractivity contribution in [2.45, 2.75) is 12.1 Å². The summed E-state index contributed by atoms with van der Waals surface area (Å²) >= 11 is 0. The van der Waals surface area contributed by atoms with Gasteiger partial charge in [-0.25, -0.2) is 9.37 Å². The van der Waals surface area contributed by atoms with Gasteiger partial charge < -0.3 is 14.4 Å². The van der Waals surface area contributed by atoms with Crippen molar-refractivity contribution in [3.05, 3.63) is 42.1 Å². The Balaban J connectivity index is 1.89. The molecule has 2 aliphatic heterocycles. The number of hydrogen-bond acceptors (Lipinski definition) is 3. The number of aromatic nitrogens is 2. The number of imidazole rings is 1. The maximum Gasteiger partial charge on any atom is 0.123 e. The molecular formula is C14H13FN2O2. The molecule has 4 rings (SSSR count). The van der Waals surface area contributed by atoms with Gasteiger partial charge in [0.2, 0.25) is 0 Å². The largest absolute Gasteiger partial charge is 0.390 e. The van der Waals surface area contributed by atoms with Crippen LogP contribution in [0.25, 0.3) is 11.3 Å². The fourth-order valence-electron chi connectivity index (χ4n) is 3.19. The molecule has 3 atom stereocenters. The van der Waals surface area contributed by atoms with Gasteiger partial charge in [0.1, 0.15) is 5.82 Å². The molecule has 3 heterocycles. The average Bonchev–Trinajstić information content (AvgIpc) is 3.05. The quantitative estimate of drug-likeness (QED) is 0.847. The van der Waals surface area contributed by atoms with Crippen LogP contribution in [-0.4, -0.2) is 34.0 Å². The zero-order chi connectivity index (χ0) is 13.0. The molecule has 1 aromatic carbocycles. The highest BCUT2D eigenvalue weighted by Crippen LogP contribution is 2.45. The van der Waals surface area contributed by atoms with E-state index in [0.29, 0.717) is 13.2 Å². The Morgan fingerprint density at radius 1 is 1.37 bits per heavy atom. The first-order valence-corrected chi connectivity index (χ1v) is 6.33. The predicted molar refractivity (Wildman–Crippen MR) is 66.1 cm³/mol. The molecule has 5 heteroatoms. The first kappa shape index (κ1) is 11.1. The molecule has 0 spiro atoms. The molecule has 2 aliphatic rings. The van der Waals surface area contributed by atoms with Gasteiger partial charge in [0, 0.05) is 11.5 Å². The Hall–Kier alpha value is -1.72. The third kappa shape index (κ3) is 1.49. The van der Waals surface area contributed by atoms with E-state index in [4.69, 9.17) is 4.74 Å². The summed E-state index contributed by atoms with van der Waals surface area (Å²) in [7, 11) is 0. The second-order valence-corrected chi connectivity index (χ2v) is 5.13. The first-order chi connectivity index (χ1) is 9.25. The number of halogens is 1. The van der Waals surface area contributed by atoms with Gasteiger partial charge in [-0.15, -0.1) is 0 Å². The molecule has 0 bridgehead atoms. The van der Waals surface area contributed by atoms with E-state index in [0.717, 1.165) is 16.8 Å². The van der Waals surface area contributed by atoms with E-state index in [1.807, 2.05) is 4.57 Å². The summed E-state index contributed by atoms with van der Waals surface area (Å²) in [5.41, 5.74) is 2.80. The Labute approximate surface area is 109 Å². The van der Waals surface area contributed by atoms with Crippen LogP contribution >= 0.6 is 0 Å². The van der Waals surface area contributed by atoms with Gasteiger partial charge in [-0.3, -0.25) is 0 Å².